The van der Waals surface area contributed by atoms with Gasteiger partial charge < -0.3 is 9.47 Å². The van der Waals surface area contributed by atoms with Gasteiger partial charge >= 0.3 is 5.97 Å². The molecule has 0 spiro atoms. The first-order valence-electron chi connectivity index (χ1n) is 11.4. The quantitative estimate of drug-likeness (QED) is 0.211. The summed E-state index contributed by atoms with van der Waals surface area (Å²) in [5, 5.41) is 0. The summed E-state index contributed by atoms with van der Waals surface area (Å²) in [6.07, 6.45) is 14.0. The molecule has 2 aromatic rings. The molecule has 0 saturated heterocycles. The molecule has 0 radical (unpaired) electrons. The lowest BCUT2D eigenvalue weighted by molar-refractivity contribution is -0.146. The normalized spacial score (nSPS) is 12.0. The highest BCUT2D eigenvalue weighted by Crippen LogP contribution is 2.27. The average Bonchev–Trinajstić information content (AvgIpc) is 2.77. The summed E-state index contributed by atoms with van der Waals surface area (Å²) < 4.78 is 11.0. The van der Waals surface area contributed by atoms with E-state index in [1.54, 1.807) is 13.0 Å². The Bertz CT molecular complexity index is 746. The molecule has 0 fully saturated rings. The number of aryl methyl sites for hydroxylation is 1. The lowest BCUT2D eigenvalue weighted by Crippen LogP contribution is -2.26. The van der Waals surface area contributed by atoms with Crippen LogP contribution in [0.1, 0.15) is 77.7 Å². The van der Waals surface area contributed by atoms with Gasteiger partial charge in [0.1, 0.15) is 5.75 Å². The smallest absolute Gasteiger partial charge is 0.340 e. The van der Waals surface area contributed by atoms with Crippen molar-refractivity contribution in [2.45, 2.75) is 84.7 Å². The molecule has 164 valence electrons. The Hall–Kier alpha value is -2.27. The Morgan fingerprint density at radius 2 is 1.60 bits per heavy atom. The molecule has 0 bridgehead atoms. The highest BCUT2D eigenvalue weighted by atomic mass is 16.6. The summed E-state index contributed by atoms with van der Waals surface area (Å²) >= 11 is 0. The Balaban J connectivity index is 1.91. The van der Waals surface area contributed by atoms with Crippen LogP contribution >= 0.6 is 0 Å². The van der Waals surface area contributed by atoms with Gasteiger partial charge in [0.05, 0.1) is 5.56 Å². The number of rotatable bonds is 14. The van der Waals surface area contributed by atoms with Gasteiger partial charge in [-0.1, -0.05) is 64.5 Å². The number of ether oxygens (including phenoxy) is 2. The van der Waals surface area contributed by atoms with Crippen LogP contribution in [0.5, 0.6) is 5.75 Å². The maximum absolute atomic E-state index is 12.3. The number of hydrogen-bond donors (Lipinski definition) is 0. The molecule has 1 heterocycles. The number of aromatic nitrogens is 2. The molecule has 1 aromatic heterocycles. The monoisotopic (exact) mass is 412 g/mol. The first kappa shape index (κ1) is 24.0. The minimum atomic E-state index is -0.608. The van der Waals surface area contributed by atoms with E-state index in [1.807, 2.05) is 37.5 Å². The zero-order valence-corrected chi connectivity index (χ0v) is 18.7. The zero-order valence-electron chi connectivity index (χ0n) is 18.7. The van der Waals surface area contributed by atoms with Gasteiger partial charge in [0, 0.05) is 19.0 Å². The van der Waals surface area contributed by atoms with Crippen LogP contribution in [0.2, 0.25) is 0 Å². The lowest BCUT2D eigenvalue weighted by atomic mass is 10.1. The van der Waals surface area contributed by atoms with Gasteiger partial charge in [-0.05, 0) is 43.9 Å². The number of carbonyl (C=O) groups is 1. The van der Waals surface area contributed by atoms with Crippen molar-refractivity contribution in [1.29, 1.82) is 0 Å². The summed E-state index contributed by atoms with van der Waals surface area (Å²) in [4.78, 5) is 21.3. The van der Waals surface area contributed by atoms with Crippen molar-refractivity contribution in [3.63, 3.8) is 0 Å². The largest absolute Gasteiger partial charge is 0.424 e. The molecule has 1 unspecified atom stereocenters. The van der Waals surface area contributed by atoms with Crippen LogP contribution in [0.25, 0.3) is 11.4 Å². The highest BCUT2D eigenvalue weighted by Gasteiger charge is 2.18. The summed E-state index contributed by atoms with van der Waals surface area (Å²) in [6, 6.07) is 7.35. The Morgan fingerprint density at radius 3 is 2.30 bits per heavy atom. The molecule has 0 amide bonds. The first-order chi connectivity index (χ1) is 14.7. The van der Waals surface area contributed by atoms with E-state index in [0.29, 0.717) is 23.7 Å². The molecular weight excluding hydrogens is 376 g/mol. The molecule has 1 aromatic carbocycles. The zero-order chi connectivity index (χ0) is 21.6. The van der Waals surface area contributed by atoms with Gasteiger partial charge in [0.25, 0.3) is 0 Å². The second-order valence-electron chi connectivity index (χ2n) is 7.72. The maximum atomic E-state index is 12.3. The topological polar surface area (TPSA) is 61.3 Å². The third-order valence-corrected chi connectivity index (χ3v) is 5.02. The van der Waals surface area contributed by atoms with Crippen molar-refractivity contribution in [3.8, 4) is 17.1 Å². The Labute approximate surface area is 181 Å². The van der Waals surface area contributed by atoms with E-state index < -0.39 is 12.1 Å². The predicted molar refractivity (Wildman–Crippen MR) is 121 cm³/mol. The SMILES string of the molecule is CCCCCCCCCc1cnc(-c2ccccc2OC(=O)C(C)OCCC)nc1. The predicted octanol–water partition coefficient (Wildman–Crippen LogP) is 6.16. The van der Waals surface area contributed by atoms with Crippen LogP contribution in [0.4, 0.5) is 0 Å². The van der Waals surface area contributed by atoms with E-state index >= 15 is 0 Å². The fourth-order valence-electron chi connectivity index (χ4n) is 3.20. The van der Waals surface area contributed by atoms with E-state index in [-0.39, 0.29) is 0 Å². The molecule has 5 heteroatoms. The minimum absolute atomic E-state index is 0.411. The summed E-state index contributed by atoms with van der Waals surface area (Å²) in [5.74, 6) is 0.601. The minimum Gasteiger partial charge on any atom is -0.424 e. The van der Waals surface area contributed by atoms with Crippen molar-refractivity contribution < 1.29 is 14.3 Å². The van der Waals surface area contributed by atoms with Crippen LogP contribution in [0.3, 0.4) is 0 Å². The van der Waals surface area contributed by atoms with Crippen LogP contribution in [-0.4, -0.2) is 28.6 Å². The van der Waals surface area contributed by atoms with Crippen molar-refractivity contribution in [1.82, 2.24) is 9.97 Å². The number of esters is 1. The van der Waals surface area contributed by atoms with E-state index in [9.17, 15) is 4.79 Å². The van der Waals surface area contributed by atoms with Crippen molar-refractivity contribution in [3.05, 3.63) is 42.2 Å². The number of para-hydroxylation sites is 1. The number of benzene rings is 1. The lowest BCUT2D eigenvalue weighted by Gasteiger charge is -2.14. The van der Waals surface area contributed by atoms with Crippen molar-refractivity contribution in [2.24, 2.45) is 0 Å². The highest BCUT2D eigenvalue weighted by molar-refractivity contribution is 5.79. The molecule has 2 rings (SSSR count). The third-order valence-electron chi connectivity index (χ3n) is 5.02. The van der Waals surface area contributed by atoms with Gasteiger partial charge in [0.2, 0.25) is 0 Å². The van der Waals surface area contributed by atoms with E-state index in [4.69, 9.17) is 9.47 Å². The van der Waals surface area contributed by atoms with Gasteiger partial charge in [0.15, 0.2) is 11.9 Å². The third kappa shape index (κ3) is 8.23. The molecule has 0 aliphatic rings. The molecule has 30 heavy (non-hydrogen) atoms. The van der Waals surface area contributed by atoms with Gasteiger partial charge in [-0.25, -0.2) is 14.8 Å². The van der Waals surface area contributed by atoms with Gasteiger partial charge in [-0.15, -0.1) is 0 Å². The number of nitrogens with zero attached hydrogens (tertiary/aromatic N) is 2. The number of carbonyl (C=O) groups excluding carboxylic acids is 1. The maximum Gasteiger partial charge on any atom is 0.340 e. The fourth-order valence-corrected chi connectivity index (χ4v) is 3.20. The van der Waals surface area contributed by atoms with E-state index in [1.165, 1.54) is 44.9 Å². The molecular formula is C25H36N2O3. The fraction of sp³-hybridized carbons (Fsp3) is 0.560. The van der Waals surface area contributed by atoms with E-state index in [0.717, 1.165) is 18.4 Å². The number of unbranched alkanes of at least 4 members (excludes halogenated alkanes) is 6. The van der Waals surface area contributed by atoms with Crippen LogP contribution < -0.4 is 4.74 Å². The van der Waals surface area contributed by atoms with Crippen LogP contribution in [-0.2, 0) is 16.0 Å². The Kier molecular flexibility index (Phi) is 11.1. The van der Waals surface area contributed by atoms with Crippen LogP contribution in [0.15, 0.2) is 36.7 Å². The standard InChI is InChI=1S/C25H36N2O3/c1-4-6-7-8-9-10-11-14-21-18-26-24(27-19-21)22-15-12-13-16-23(22)30-25(28)20(3)29-17-5-2/h12-13,15-16,18-20H,4-11,14,17H2,1-3H3. The second kappa shape index (κ2) is 13.9. The summed E-state index contributed by atoms with van der Waals surface area (Å²) in [5.41, 5.74) is 1.85. The summed E-state index contributed by atoms with van der Waals surface area (Å²) in [6.45, 7) is 6.48. The van der Waals surface area contributed by atoms with Crippen LogP contribution in [0, 0.1) is 0 Å². The average molecular weight is 413 g/mol. The molecule has 5 nitrogen and oxygen atoms in total. The Morgan fingerprint density at radius 1 is 0.933 bits per heavy atom. The van der Waals surface area contributed by atoms with Gasteiger partial charge in [-0.3, -0.25) is 0 Å². The van der Waals surface area contributed by atoms with Crippen molar-refractivity contribution >= 4 is 5.97 Å². The van der Waals surface area contributed by atoms with Gasteiger partial charge in [-0.2, -0.15) is 0 Å². The number of hydrogen-bond acceptors (Lipinski definition) is 5. The molecule has 0 N–H and O–H groups in total. The molecule has 0 aliphatic carbocycles. The van der Waals surface area contributed by atoms with E-state index in [2.05, 4.69) is 16.9 Å². The summed E-state index contributed by atoms with van der Waals surface area (Å²) in [7, 11) is 0. The first-order valence-corrected chi connectivity index (χ1v) is 11.4. The molecule has 0 saturated carbocycles. The molecule has 0 aliphatic heterocycles. The second-order valence-corrected chi connectivity index (χ2v) is 7.72. The molecule has 1 atom stereocenters. The van der Waals surface area contributed by atoms with Crippen molar-refractivity contribution in [2.75, 3.05) is 6.61 Å².